The SMILES string of the molecule is O=CNc1ccc(S(=O)C2CCOCC2)cc1.c1cncc(C2CC2)c1. The van der Waals surface area contributed by atoms with Crippen LogP contribution in [0.4, 0.5) is 5.69 Å². The zero-order valence-electron chi connectivity index (χ0n) is 14.7. The molecule has 1 aromatic heterocycles. The van der Waals surface area contributed by atoms with Crippen LogP contribution in [0, 0.1) is 0 Å². The summed E-state index contributed by atoms with van der Waals surface area (Å²) in [6, 6.07) is 11.3. The van der Waals surface area contributed by atoms with E-state index in [4.69, 9.17) is 4.74 Å². The summed E-state index contributed by atoms with van der Waals surface area (Å²) in [6.07, 6.45) is 8.85. The van der Waals surface area contributed by atoms with Crippen molar-refractivity contribution < 1.29 is 13.7 Å². The van der Waals surface area contributed by atoms with Crippen LogP contribution in [-0.4, -0.2) is 34.1 Å². The Morgan fingerprint density at radius 1 is 1.08 bits per heavy atom. The number of carbonyl (C=O) groups is 1. The number of rotatable bonds is 5. The maximum atomic E-state index is 12.2. The minimum absolute atomic E-state index is 0.189. The van der Waals surface area contributed by atoms with Gasteiger partial charge in [0.2, 0.25) is 6.41 Å². The minimum atomic E-state index is -0.978. The lowest BCUT2D eigenvalue weighted by Crippen LogP contribution is -2.24. The van der Waals surface area contributed by atoms with E-state index in [1.807, 2.05) is 18.5 Å². The van der Waals surface area contributed by atoms with Crippen LogP contribution in [0.2, 0.25) is 0 Å². The fraction of sp³-hybridized carbons (Fsp3) is 0.400. The number of pyridine rings is 1. The van der Waals surface area contributed by atoms with E-state index in [1.54, 1.807) is 24.3 Å². The highest BCUT2D eigenvalue weighted by Crippen LogP contribution is 2.39. The Balaban J connectivity index is 0.000000181. The molecule has 1 aliphatic heterocycles. The summed E-state index contributed by atoms with van der Waals surface area (Å²) in [7, 11) is -0.978. The molecule has 1 unspecified atom stereocenters. The lowest BCUT2D eigenvalue weighted by atomic mass is 10.2. The van der Waals surface area contributed by atoms with Gasteiger partial charge >= 0.3 is 0 Å². The van der Waals surface area contributed by atoms with Gasteiger partial charge < -0.3 is 10.1 Å². The normalized spacial score (nSPS) is 18.3. The van der Waals surface area contributed by atoms with Crippen LogP contribution >= 0.6 is 0 Å². The highest BCUT2D eigenvalue weighted by Gasteiger charge is 2.23. The molecule has 1 N–H and O–H groups in total. The summed E-state index contributed by atoms with van der Waals surface area (Å²) in [5.74, 6) is 0.846. The topological polar surface area (TPSA) is 68.3 Å². The molecule has 2 heterocycles. The molecule has 26 heavy (non-hydrogen) atoms. The van der Waals surface area contributed by atoms with Gasteiger partial charge in [-0.15, -0.1) is 0 Å². The van der Waals surface area contributed by atoms with Crippen molar-refractivity contribution in [1.82, 2.24) is 4.98 Å². The average molecular weight is 372 g/mol. The first kappa shape index (κ1) is 18.7. The van der Waals surface area contributed by atoms with E-state index in [0.29, 0.717) is 25.3 Å². The van der Waals surface area contributed by atoms with Gasteiger partial charge in [0, 0.05) is 41.4 Å². The first-order valence-corrected chi connectivity index (χ1v) is 10.2. The first-order valence-electron chi connectivity index (χ1n) is 8.96. The van der Waals surface area contributed by atoms with Crippen LogP contribution in [0.15, 0.2) is 53.7 Å². The third kappa shape index (κ3) is 5.47. The number of hydrogen-bond donors (Lipinski definition) is 1. The Labute approximate surface area is 156 Å². The zero-order chi connectivity index (χ0) is 18.2. The number of anilines is 1. The van der Waals surface area contributed by atoms with Crippen molar-refractivity contribution in [3.8, 4) is 0 Å². The highest BCUT2D eigenvalue weighted by atomic mass is 32.2. The van der Waals surface area contributed by atoms with E-state index < -0.39 is 10.8 Å². The minimum Gasteiger partial charge on any atom is -0.381 e. The van der Waals surface area contributed by atoms with Crippen LogP contribution < -0.4 is 5.32 Å². The van der Waals surface area contributed by atoms with Gasteiger partial charge in [0.25, 0.3) is 0 Å². The van der Waals surface area contributed by atoms with Crippen molar-refractivity contribution >= 4 is 22.9 Å². The van der Waals surface area contributed by atoms with E-state index >= 15 is 0 Å². The molecule has 2 aliphatic rings. The van der Waals surface area contributed by atoms with Gasteiger partial charge in [0.05, 0.1) is 10.8 Å². The molecular weight excluding hydrogens is 348 g/mol. The smallest absolute Gasteiger partial charge is 0.211 e. The molecule has 138 valence electrons. The van der Waals surface area contributed by atoms with Gasteiger partial charge in [-0.3, -0.25) is 14.0 Å². The summed E-state index contributed by atoms with van der Waals surface area (Å²) in [6.45, 7) is 1.39. The van der Waals surface area contributed by atoms with Gasteiger partial charge in [-0.1, -0.05) is 6.07 Å². The second-order valence-corrected chi connectivity index (χ2v) is 8.19. The lowest BCUT2D eigenvalue weighted by molar-refractivity contribution is -0.105. The monoisotopic (exact) mass is 372 g/mol. The summed E-state index contributed by atoms with van der Waals surface area (Å²) < 4.78 is 17.5. The van der Waals surface area contributed by atoms with E-state index in [2.05, 4.69) is 16.4 Å². The molecule has 0 bridgehead atoms. The summed E-state index contributed by atoms with van der Waals surface area (Å²) in [5.41, 5.74) is 2.13. The number of carbonyl (C=O) groups excluding carboxylic acids is 1. The number of nitrogens with one attached hydrogen (secondary N) is 1. The Morgan fingerprint density at radius 2 is 1.81 bits per heavy atom. The predicted molar refractivity (Wildman–Crippen MR) is 103 cm³/mol. The van der Waals surface area contributed by atoms with Crippen molar-refractivity contribution in [3.63, 3.8) is 0 Å². The molecular formula is C20H24N2O3S. The average Bonchev–Trinajstić information content (AvgIpc) is 3.56. The third-order valence-electron chi connectivity index (χ3n) is 4.52. The Hall–Kier alpha value is -2.05. The number of ether oxygens (including phenoxy) is 1. The molecule has 2 aromatic rings. The van der Waals surface area contributed by atoms with E-state index in [1.165, 1.54) is 18.4 Å². The summed E-state index contributed by atoms with van der Waals surface area (Å²) >= 11 is 0. The number of amides is 1. The Kier molecular flexibility index (Phi) is 6.91. The van der Waals surface area contributed by atoms with Crippen LogP contribution in [0.5, 0.6) is 0 Å². The number of nitrogens with zero attached hydrogens (tertiary/aromatic N) is 1. The lowest BCUT2D eigenvalue weighted by Gasteiger charge is -2.21. The molecule has 1 saturated heterocycles. The fourth-order valence-electron chi connectivity index (χ4n) is 2.87. The molecule has 6 heteroatoms. The summed E-state index contributed by atoms with van der Waals surface area (Å²) in [5, 5.41) is 2.74. The number of aromatic nitrogens is 1. The van der Waals surface area contributed by atoms with E-state index in [-0.39, 0.29) is 5.25 Å². The quantitative estimate of drug-likeness (QED) is 0.816. The van der Waals surface area contributed by atoms with Gasteiger partial charge in [0.1, 0.15) is 0 Å². The highest BCUT2D eigenvalue weighted by molar-refractivity contribution is 7.85. The van der Waals surface area contributed by atoms with Gasteiger partial charge in [-0.2, -0.15) is 0 Å². The van der Waals surface area contributed by atoms with Crippen LogP contribution in [0.3, 0.4) is 0 Å². The number of benzene rings is 1. The molecule has 2 fully saturated rings. The van der Waals surface area contributed by atoms with E-state index in [9.17, 15) is 9.00 Å². The molecule has 1 amide bonds. The first-order chi connectivity index (χ1) is 12.8. The van der Waals surface area contributed by atoms with Gasteiger partial charge in [0.15, 0.2) is 0 Å². The van der Waals surface area contributed by atoms with Crippen LogP contribution in [-0.2, 0) is 20.3 Å². The van der Waals surface area contributed by atoms with E-state index in [0.717, 1.165) is 23.7 Å². The molecule has 1 atom stereocenters. The van der Waals surface area contributed by atoms with Crippen molar-refractivity contribution in [2.45, 2.75) is 41.7 Å². The third-order valence-corrected chi connectivity index (χ3v) is 6.33. The maximum absolute atomic E-state index is 12.2. The molecule has 0 spiro atoms. The molecule has 1 saturated carbocycles. The van der Waals surface area contributed by atoms with Crippen molar-refractivity contribution in [3.05, 3.63) is 54.4 Å². The fourth-order valence-corrected chi connectivity index (χ4v) is 4.28. The Bertz CT molecular complexity index is 712. The second-order valence-electron chi connectivity index (χ2n) is 6.46. The largest absolute Gasteiger partial charge is 0.381 e. The Morgan fingerprint density at radius 3 is 2.38 bits per heavy atom. The van der Waals surface area contributed by atoms with Crippen molar-refractivity contribution in [1.29, 1.82) is 0 Å². The summed E-state index contributed by atoms with van der Waals surface area (Å²) in [4.78, 5) is 15.1. The molecule has 0 radical (unpaired) electrons. The van der Waals surface area contributed by atoms with Crippen LogP contribution in [0.25, 0.3) is 0 Å². The zero-order valence-corrected chi connectivity index (χ0v) is 15.5. The number of hydrogen-bond acceptors (Lipinski definition) is 4. The molecule has 1 aliphatic carbocycles. The van der Waals surface area contributed by atoms with Crippen LogP contribution in [0.1, 0.15) is 37.2 Å². The van der Waals surface area contributed by atoms with Crippen molar-refractivity contribution in [2.24, 2.45) is 0 Å². The molecule has 5 nitrogen and oxygen atoms in total. The van der Waals surface area contributed by atoms with Gasteiger partial charge in [-0.25, -0.2) is 0 Å². The predicted octanol–water partition coefficient (Wildman–Crippen LogP) is 3.50. The van der Waals surface area contributed by atoms with Gasteiger partial charge in [-0.05, 0) is 67.5 Å². The standard InChI is InChI=1S/C12H15NO3S.C8H9N/c14-9-13-10-1-3-11(4-2-10)17(15)12-5-7-16-8-6-12;1-2-8(6-9-5-1)7-3-4-7/h1-4,9,12H,5-8H2,(H,13,14);1-2,5-7H,3-4H2. The molecule has 1 aromatic carbocycles. The molecule has 4 rings (SSSR count). The second kappa shape index (κ2) is 9.59. The van der Waals surface area contributed by atoms with Crippen molar-refractivity contribution in [2.75, 3.05) is 18.5 Å². The maximum Gasteiger partial charge on any atom is 0.211 e.